The number of aliphatic imine (C=N–C) groups is 1. The maximum absolute atomic E-state index is 5.39. The van der Waals surface area contributed by atoms with Crippen molar-refractivity contribution < 1.29 is 4.74 Å². The van der Waals surface area contributed by atoms with Gasteiger partial charge in [-0.1, -0.05) is 6.07 Å². The number of ether oxygens (including phenoxy) is 1. The first-order chi connectivity index (χ1) is 11.0. The van der Waals surface area contributed by atoms with Gasteiger partial charge in [0.25, 0.3) is 0 Å². The Kier molecular flexibility index (Phi) is 10.9. The van der Waals surface area contributed by atoms with Crippen LogP contribution in [0.5, 0.6) is 0 Å². The molecule has 2 N–H and O–H groups in total. The molecule has 0 aliphatic rings. The summed E-state index contributed by atoms with van der Waals surface area (Å²) in [6.45, 7) is 11.6. The lowest BCUT2D eigenvalue weighted by Crippen LogP contribution is -2.45. The van der Waals surface area contributed by atoms with E-state index in [4.69, 9.17) is 4.74 Å². The van der Waals surface area contributed by atoms with E-state index in [1.165, 1.54) is 0 Å². The van der Waals surface area contributed by atoms with E-state index in [2.05, 4.69) is 51.5 Å². The lowest BCUT2D eigenvalue weighted by Gasteiger charge is -2.24. The van der Waals surface area contributed by atoms with Crippen LogP contribution in [0.2, 0.25) is 0 Å². The number of anilines is 1. The molecule has 138 valence electrons. The standard InChI is InChI=1S/C17H31N5O.HI/c1-7-22(8-2)15-10-9-14(11-19-15)12-20-16(18-5)21-13-17(3,4)23-6;/h9-11H,7-8,12-13H2,1-6H3,(H2,18,20,21);1H. The number of halogens is 1. The van der Waals surface area contributed by atoms with Gasteiger partial charge < -0.3 is 20.3 Å². The van der Waals surface area contributed by atoms with Gasteiger partial charge in [0.15, 0.2) is 5.96 Å². The van der Waals surface area contributed by atoms with Gasteiger partial charge in [0.2, 0.25) is 0 Å². The maximum Gasteiger partial charge on any atom is 0.191 e. The second-order valence-electron chi connectivity index (χ2n) is 5.94. The number of nitrogens with zero attached hydrogens (tertiary/aromatic N) is 3. The van der Waals surface area contributed by atoms with Gasteiger partial charge in [-0.3, -0.25) is 4.99 Å². The summed E-state index contributed by atoms with van der Waals surface area (Å²) in [5.41, 5.74) is 0.889. The van der Waals surface area contributed by atoms with E-state index in [0.717, 1.165) is 30.4 Å². The van der Waals surface area contributed by atoms with Gasteiger partial charge in [0, 0.05) is 46.5 Å². The van der Waals surface area contributed by atoms with Crippen molar-refractivity contribution in [3.63, 3.8) is 0 Å². The number of rotatable bonds is 8. The monoisotopic (exact) mass is 449 g/mol. The lowest BCUT2D eigenvalue weighted by atomic mass is 10.1. The molecule has 24 heavy (non-hydrogen) atoms. The van der Waals surface area contributed by atoms with E-state index in [1.54, 1.807) is 14.2 Å². The summed E-state index contributed by atoms with van der Waals surface area (Å²) in [6, 6.07) is 4.16. The third kappa shape index (κ3) is 7.65. The fourth-order valence-electron chi connectivity index (χ4n) is 2.03. The Bertz CT molecular complexity index is 486. The molecule has 0 aliphatic carbocycles. The minimum atomic E-state index is -0.232. The van der Waals surface area contributed by atoms with Crippen molar-refractivity contribution in [3.05, 3.63) is 23.9 Å². The minimum Gasteiger partial charge on any atom is -0.377 e. The summed E-state index contributed by atoms with van der Waals surface area (Å²) in [5, 5.41) is 6.55. The highest BCUT2D eigenvalue weighted by molar-refractivity contribution is 14.0. The molecule has 0 spiro atoms. The molecule has 6 nitrogen and oxygen atoms in total. The van der Waals surface area contributed by atoms with Crippen molar-refractivity contribution in [2.75, 3.05) is 38.7 Å². The Morgan fingerprint density at radius 3 is 2.38 bits per heavy atom. The van der Waals surface area contributed by atoms with Gasteiger partial charge in [-0.25, -0.2) is 4.98 Å². The summed E-state index contributed by atoms with van der Waals surface area (Å²) in [7, 11) is 3.47. The molecule has 0 bridgehead atoms. The topological polar surface area (TPSA) is 61.8 Å². The number of nitrogens with one attached hydrogen (secondary N) is 2. The average Bonchev–Trinajstić information content (AvgIpc) is 2.57. The summed E-state index contributed by atoms with van der Waals surface area (Å²) < 4.78 is 5.39. The van der Waals surface area contributed by atoms with Crippen molar-refractivity contribution >= 4 is 35.8 Å². The maximum atomic E-state index is 5.39. The molecule has 0 aliphatic heterocycles. The van der Waals surface area contributed by atoms with Crippen LogP contribution in [-0.4, -0.2) is 50.3 Å². The highest BCUT2D eigenvalue weighted by atomic mass is 127. The van der Waals surface area contributed by atoms with E-state index in [9.17, 15) is 0 Å². The molecule has 0 saturated heterocycles. The molecule has 0 amide bonds. The molecule has 1 heterocycles. The van der Waals surface area contributed by atoms with Crippen LogP contribution in [0.25, 0.3) is 0 Å². The summed E-state index contributed by atoms with van der Waals surface area (Å²) in [6.07, 6.45) is 1.91. The number of guanidine groups is 1. The largest absolute Gasteiger partial charge is 0.377 e. The van der Waals surface area contributed by atoms with E-state index >= 15 is 0 Å². The Morgan fingerprint density at radius 2 is 1.92 bits per heavy atom. The van der Waals surface area contributed by atoms with Crippen molar-refractivity contribution in [3.8, 4) is 0 Å². The third-order valence-electron chi connectivity index (χ3n) is 3.81. The van der Waals surface area contributed by atoms with E-state index in [1.807, 2.05) is 20.0 Å². The highest BCUT2D eigenvalue weighted by Gasteiger charge is 2.16. The molecule has 0 unspecified atom stereocenters. The first-order valence-corrected chi connectivity index (χ1v) is 8.15. The second kappa shape index (κ2) is 11.5. The van der Waals surface area contributed by atoms with Gasteiger partial charge in [-0.15, -0.1) is 24.0 Å². The van der Waals surface area contributed by atoms with Crippen LogP contribution in [0, 0.1) is 0 Å². The smallest absolute Gasteiger partial charge is 0.191 e. The van der Waals surface area contributed by atoms with Gasteiger partial charge >= 0.3 is 0 Å². The molecule has 1 aromatic rings. The summed E-state index contributed by atoms with van der Waals surface area (Å²) >= 11 is 0. The van der Waals surface area contributed by atoms with Crippen LogP contribution in [-0.2, 0) is 11.3 Å². The van der Waals surface area contributed by atoms with Crippen LogP contribution >= 0.6 is 24.0 Å². The predicted octanol–water partition coefficient (Wildman–Crippen LogP) is 2.64. The number of hydrogen-bond acceptors (Lipinski definition) is 4. The zero-order chi connectivity index (χ0) is 17.3. The Morgan fingerprint density at radius 1 is 1.25 bits per heavy atom. The molecule has 0 atom stereocenters. The number of aromatic nitrogens is 1. The molecular weight excluding hydrogens is 417 g/mol. The fourth-order valence-corrected chi connectivity index (χ4v) is 2.03. The molecule has 1 aromatic heterocycles. The van der Waals surface area contributed by atoms with Crippen LogP contribution in [0.4, 0.5) is 5.82 Å². The second-order valence-corrected chi connectivity index (χ2v) is 5.94. The lowest BCUT2D eigenvalue weighted by molar-refractivity contribution is 0.0268. The summed E-state index contributed by atoms with van der Waals surface area (Å²) in [5.74, 6) is 1.77. The first-order valence-electron chi connectivity index (χ1n) is 8.15. The highest BCUT2D eigenvalue weighted by Crippen LogP contribution is 2.10. The molecule has 1 rings (SSSR count). The Hall–Kier alpha value is -1.09. The van der Waals surface area contributed by atoms with Crippen LogP contribution < -0.4 is 15.5 Å². The van der Waals surface area contributed by atoms with E-state index < -0.39 is 0 Å². The number of pyridine rings is 1. The summed E-state index contributed by atoms with van der Waals surface area (Å²) in [4.78, 5) is 11.0. The van der Waals surface area contributed by atoms with Gasteiger partial charge in [-0.2, -0.15) is 0 Å². The first kappa shape index (κ1) is 22.9. The number of methoxy groups -OCH3 is 1. The van der Waals surface area contributed by atoms with Crippen molar-refractivity contribution in [1.82, 2.24) is 15.6 Å². The van der Waals surface area contributed by atoms with Crippen LogP contribution in [0.3, 0.4) is 0 Å². The Balaban J connectivity index is 0.00000529. The fraction of sp³-hybridized carbons (Fsp3) is 0.647. The van der Waals surface area contributed by atoms with Gasteiger partial charge in [0.1, 0.15) is 5.82 Å². The number of hydrogen-bond donors (Lipinski definition) is 2. The Labute approximate surface area is 163 Å². The van der Waals surface area contributed by atoms with Crippen molar-refractivity contribution in [2.45, 2.75) is 39.8 Å². The predicted molar refractivity (Wildman–Crippen MR) is 113 cm³/mol. The zero-order valence-corrected chi connectivity index (χ0v) is 18.0. The molecule has 0 radical (unpaired) electrons. The molecular formula is C17H32IN5O. The molecule has 0 aromatic carbocycles. The van der Waals surface area contributed by atoms with Crippen molar-refractivity contribution in [2.24, 2.45) is 4.99 Å². The molecule has 7 heteroatoms. The SMILES string of the molecule is CCN(CC)c1ccc(CNC(=NC)NCC(C)(C)OC)cn1.I. The quantitative estimate of drug-likeness (QED) is 0.363. The molecule has 0 fully saturated rings. The van der Waals surface area contributed by atoms with Crippen molar-refractivity contribution in [1.29, 1.82) is 0 Å². The average molecular weight is 449 g/mol. The zero-order valence-electron chi connectivity index (χ0n) is 15.7. The normalized spacial score (nSPS) is 11.7. The minimum absolute atomic E-state index is 0. The van der Waals surface area contributed by atoms with Crippen LogP contribution in [0.15, 0.2) is 23.3 Å². The van der Waals surface area contributed by atoms with Gasteiger partial charge in [0.05, 0.1) is 5.60 Å². The van der Waals surface area contributed by atoms with E-state index in [-0.39, 0.29) is 29.6 Å². The van der Waals surface area contributed by atoms with E-state index in [0.29, 0.717) is 13.1 Å². The third-order valence-corrected chi connectivity index (χ3v) is 3.81. The van der Waals surface area contributed by atoms with Crippen LogP contribution in [0.1, 0.15) is 33.3 Å². The molecule has 0 saturated carbocycles. The van der Waals surface area contributed by atoms with Gasteiger partial charge in [-0.05, 0) is 39.3 Å².